The Balaban J connectivity index is 1.45. The number of aromatic nitrogens is 2. The van der Waals surface area contributed by atoms with Gasteiger partial charge in [0.25, 0.3) is 5.56 Å². The molecule has 2 aromatic carbocycles. The summed E-state index contributed by atoms with van der Waals surface area (Å²) >= 11 is 0. The van der Waals surface area contributed by atoms with Gasteiger partial charge in [0.05, 0.1) is 17.2 Å². The number of urea groups is 1. The van der Waals surface area contributed by atoms with Gasteiger partial charge < -0.3 is 10.2 Å². The van der Waals surface area contributed by atoms with E-state index >= 15 is 0 Å². The molecular formula is C22H23FN4O2. The number of nitrogens with one attached hydrogen (secondary N) is 1. The van der Waals surface area contributed by atoms with Crippen LogP contribution in [0.1, 0.15) is 31.4 Å². The number of hydrogen-bond acceptors (Lipinski definition) is 3. The van der Waals surface area contributed by atoms with E-state index in [4.69, 9.17) is 0 Å². The van der Waals surface area contributed by atoms with Crippen LogP contribution in [0.15, 0.2) is 53.6 Å². The Morgan fingerprint density at radius 2 is 1.97 bits per heavy atom. The van der Waals surface area contributed by atoms with Crippen molar-refractivity contribution in [2.45, 2.75) is 32.2 Å². The van der Waals surface area contributed by atoms with Crippen molar-refractivity contribution in [3.8, 4) is 0 Å². The lowest BCUT2D eigenvalue weighted by Crippen LogP contribution is -2.43. The second-order valence-corrected chi connectivity index (χ2v) is 7.28. The van der Waals surface area contributed by atoms with E-state index in [1.807, 2.05) is 24.3 Å². The number of rotatable bonds is 3. The fraction of sp³-hybridized carbons (Fsp3) is 0.318. The Kier molecular flexibility index (Phi) is 5.29. The first-order valence-corrected chi connectivity index (χ1v) is 9.87. The van der Waals surface area contributed by atoms with E-state index < -0.39 is 5.82 Å². The van der Waals surface area contributed by atoms with Gasteiger partial charge in [-0.05, 0) is 49.1 Å². The van der Waals surface area contributed by atoms with E-state index in [9.17, 15) is 14.0 Å². The van der Waals surface area contributed by atoms with Gasteiger partial charge >= 0.3 is 6.03 Å². The molecule has 6 nitrogen and oxygen atoms in total. The fourth-order valence-electron chi connectivity index (χ4n) is 3.86. The van der Waals surface area contributed by atoms with Gasteiger partial charge in [-0.15, -0.1) is 0 Å². The monoisotopic (exact) mass is 394 g/mol. The van der Waals surface area contributed by atoms with Crippen molar-refractivity contribution in [1.29, 1.82) is 0 Å². The average Bonchev–Trinajstić information content (AvgIpc) is 2.75. The molecule has 29 heavy (non-hydrogen) atoms. The molecule has 4 rings (SSSR count). The Morgan fingerprint density at radius 1 is 1.21 bits per heavy atom. The molecular weight excluding hydrogens is 371 g/mol. The Bertz CT molecular complexity index is 1100. The summed E-state index contributed by atoms with van der Waals surface area (Å²) in [6, 6.07) is 11.6. The molecule has 7 heteroatoms. The topological polar surface area (TPSA) is 67.2 Å². The minimum Gasteiger partial charge on any atom is -0.324 e. The van der Waals surface area contributed by atoms with Crippen LogP contribution >= 0.6 is 0 Å². The number of hydrogen-bond donors (Lipinski definition) is 1. The first-order valence-electron chi connectivity index (χ1n) is 9.87. The highest BCUT2D eigenvalue weighted by atomic mass is 19.1. The number of anilines is 1. The van der Waals surface area contributed by atoms with E-state index in [1.165, 1.54) is 24.5 Å². The number of likely N-dealkylation sites (tertiary alicyclic amines) is 1. The van der Waals surface area contributed by atoms with Crippen LogP contribution in [0.25, 0.3) is 10.9 Å². The molecule has 1 aliphatic rings. The predicted octanol–water partition coefficient (Wildman–Crippen LogP) is 3.97. The Hall–Kier alpha value is -3.22. The highest BCUT2D eigenvalue weighted by Crippen LogP contribution is 2.23. The number of benzene rings is 2. The summed E-state index contributed by atoms with van der Waals surface area (Å²) in [5.74, 6) is -0.451. The Labute approximate surface area is 168 Å². The highest BCUT2D eigenvalue weighted by Gasteiger charge is 2.25. The quantitative estimate of drug-likeness (QED) is 0.731. The van der Waals surface area contributed by atoms with Gasteiger partial charge in [0.1, 0.15) is 5.82 Å². The summed E-state index contributed by atoms with van der Waals surface area (Å²) in [5.41, 5.74) is 2.17. The lowest BCUT2D eigenvalue weighted by molar-refractivity contribution is 0.182. The van der Waals surface area contributed by atoms with Crippen molar-refractivity contribution in [2.75, 3.05) is 18.4 Å². The van der Waals surface area contributed by atoms with Gasteiger partial charge in [0, 0.05) is 24.8 Å². The predicted molar refractivity (Wildman–Crippen MR) is 111 cm³/mol. The molecule has 150 valence electrons. The molecule has 0 spiro atoms. The molecule has 0 atom stereocenters. The fourth-order valence-corrected chi connectivity index (χ4v) is 3.86. The van der Waals surface area contributed by atoms with Gasteiger partial charge in [-0.25, -0.2) is 14.2 Å². The molecule has 1 aromatic heterocycles. The molecule has 2 amide bonds. The Morgan fingerprint density at radius 3 is 2.72 bits per heavy atom. The van der Waals surface area contributed by atoms with E-state index in [0.717, 1.165) is 17.7 Å². The van der Waals surface area contributed by atoms with Crippen molar-refractivity contribution < 1.29 is 9.18 Å². The molecule has 0 unspecified atom stereocenters. The largest absolute Gasteiger partial charge is 0.324 e. The van der Waals surface area contributed by atoms with Crippen molar-refractivity contribution in [2.24, 2.45) is 0 Å². The van der Waals surface area contributed by atoms with Crippen molar-refractivity contribution in [3.63, 3.8) is 0 Å². The van der Waals surface area contributed by atoms with Crippen LogP contribution < -0.4 is 10.9 Å². The smallest absolute Gasteiger partial charge is 0.321 e. The molecule has 1 N–H and O–H groups in total. The first kappa shape index (κ1) is 19.1. The SMILES string of the molecule is CCc1ccccc1NC(=O)N1CCC(n2cnc3ccc(F)cc3c2=O)CC1. The minimum atomic E-state index is -0.451. The first-order chi connectivity index (χ1) is 14.1. The number of para-hydroxylation sites is 1. The van der Waals surface area contributed by atoms with Crippen LogP contribution in [-0.2, 0) is 6.42 Å². The number of halogens is 1. The number of piperidine rings is 1. The van der Waals surface area contributed by atoms with Crippen LogP contribution in [0, 0.1) is 5.82 Å². The minimum absolute atomic E-state index is 0.0605. The van der Waals surface area contributed by atoms with Crippen LogP contribution in [-0.4, -0.2) is 33.6 Å². The summed E-state index contributed by atoms with van der Waals surface area (Å²) in [4.78, 5) is 31.5. The number of carbonyl (C=O) groups excluding carboxylic acids is 1. The van der Waals surface area contributed by atoms with Gasteiger partial charge in [-0.1, -0.05) is 25.1 Å². The van der Waals surface area contributed by atoms with Crippen LogP contribution in [0.5, 0.6) is 0 Å². The van der Waals surface area contributed by atoms with Gasteiger partial charge in [0.15, 0.2) is 0 Å². The zero-order valence-corrected chi connectivity index (χ0v) is 16.3. The van der Waals surface area contributed by atoms with Crippen molar-refractivity contribution in [3.05, 3.63) is 70.5 Å². The number of fused-ring (bicyclic) bond motifs is 1. The lowest BCUT2D eigenvalue weighted by atomic mass is 10.0. The molecule has 0 radical (unpaired) electrons. The summed E-state index contributed by atoms with van der Waals surface area (Å²) in [7, 11) is 0. The van der Waals surface area contributed by atoms with Crippen LogP contribution in [0.4, 0.5) is 14.9 Å². The zero-order valence-electron chi connectivity index (χ0n) is 16.3. The number of carbonyl (C=O) groups is 1. The highest BCUT2D eigenvalue weighted by molar-refractivity contribution is 5.90. The van der Waals surface area contributed by atoms with Gasteiger partial charge in [0.2, 0.25) is 0 Å². The molecule has 1 saturated heterocycles. The molecule has 0 saturated carbocycles. The molecule has 1 fully saturated rings. The lowest BCUT2D eigenvalue weighted by Gasteiger charge is -2.33. The van der Waals surface area contributed by atoms with Gasteiger partial charge in [-0.3, -0.25) is 9.36 Å². The summed E-state index contributed by atoms with van der Waals surface area (Å²) in [6.45, 7) is 3.13. The van der Waals surface area contributed by atoms with E-state index in [0.29, 0.717) is 31.4 Å². The van der Waals surface area contributed by atoms with E-state index in [-0.39, 0.29) is 23.0 Å². The van der Waals surface area contributed by atoms with Crippen LogP contribution in [0.2, 0.25) is 0 Å². The second-order valence-electron chi connectivity index (χ2n) is 7.28. The molecule has 1 aliphatic heterocycles. The number of aryl methyl sites for hydroxylation is 1. The molecule has 0 bridgehead atoms. The third kappa shape index (κ3) is 3.85. The summed E-state index contributed by atoms with van der Waals surface area (Å²) < 4.78 is 15.1. The second kappa shape index (κ2) is 8.03. The maximum Gasteiger partial charge on any atom is 0.321 e. The van der Waals surface area contributed by atoms with Crippen molar-refractivity contribution >= 4 is 22.6 Å². The average molecular weight is 394 g/mol. The number of amides is 2. The number of nitrogens with zero attached hydrogens (tertiary/aromatic N) is 3. The standard InChI is InChI=1S/C22H23FN4O2/c1-2-15-5-3-4-6-19(15)25-22(29)26-11-9-17(10-12-26)27-14-24-20-8-7-16(23)13-18(20)21(27)28/h3-8,13-14,17H,2,9-12H2,1H3,(H,25,29). The van der Waals surface area contributed by atoms with E-state index in [2.05, 4.69) is 17.2 Å². The third-order valence-corrected chi connectivity index (χ3v) is 5.53. The third-order valence-electron chi connectivity index (χ3n) is 5.53. The maximum absolute atomic E-state index is 13.5. The summed E-state index contributed by atoms with van der Waals surface area (Å²) in [6.07, 6.45) is 3.66. The molecule has 2 heterocycles. The van der Waals surface area contributed by atoms with Crippen LogP contribution in [0.3, 0.4) is 0 Å². The van der Waals surface area contributed by atoms with E-state index in [1.54, 1.807) is 9.47 Å². The normalized spacial score (nSPS) is 14.9. The van der Waals surface area contributed by atoms with Crippen molar-refractivity contribution in [1.82, 2.24) is 14.5 Å². The summed E-state index contributed by atoms with van der Waals surface area (Å²) in [5, 5.41) is 3.27. The molecule has 0 aliphatic carbocycles. The van der Waals surface area contributed by atoms with Gasteiger partial charge in [-0.2, -0.15) is 0 Å². The zero-order chi connectivity index (χ0) is 20.4. The molecule has 3 aromatic rings. The maximum atomic E-state index is 13.5.